The van der Waals surface area contributed by atoms with Gasteiger partial charge in [0, 0.05) is 45.5 Å². The first-order valence-corrected chi connectivity index (χ1v) is 12.9. The van der Waals surface area contributed by atoms with Crippen LogP contribution in [0.25, 0.3) is 66.1 Å². The Morgan fingerprint density at radius 1 is 0.447 bits per heavy atom. The molecule has 0 aliphatic heterocycles. The van der Waals surface area contributed by atoms with Crippen molar-refractivity contribution in [3.63, 3.8) is 0 Å². The lowest BCUT2D eigenvalue weighted by molar-refractivity contribution is 1.13. The van der Waals surface area contributed by atoms with E-state index < -0.39 is 0 Å². The number of nitrogens with zero attached hydrogens (tertiary/aromatic N) is 3. The van der Waals surface area contributed by atoms with Crippen LogP contribution in [0.15, 0.2) is 140 Å². The summed E-state index contributed by atoms with van der Waals surface area (Å²) in [7, 11) is 0. The second-order valence-electron chi connectivity index (χ2n) is 9.69. The van der Waals surface area contributed by atoms with Gasteiger partial charge in [-0.2, -0.15) is 0 Å². The predicted molar refractivity (Wildman–Crippen MR) is 158 cm³/mol. The summed E-state index contributed by atoms with van der Waals surface area (Å²) in [6.07, 6.45) is 4.02. The summed E-state index contributed by atoms with van der Waals surface area (Å²) < 4.78 is 4.65. The van der Waals surface area contributed by atoms with Crippen LogP contribution in [0.2, 0.25) is 0 Å². The SMILES string of the molecule is c1ccc(-n2ccc3c4ccc5c(c4ccc32)c2ccccc2n5-c2ccc(-c3ccccn3)cc2)cc1. The van der Waals surface area contributed by atoms with E-state index in [0.29, 0.717) is 0 Å². The zero-order valence-electron chi connectivity index (χ0n) is 20.6. The summed E-state index contributed by atoms with van der Waals surface area (Å²) in [6, 6.07) is 45.4. The van der Waals surface area contributed by atoms with Gasteiger partial charge in [-0.25, -0.2) is 0 Å². The Hall–Kier alpha value is -5.15. The average Bonchev–Trinajstić information content (AvgIpc) is 3.58. The minimum Gasteiger partial charge on any atom is -0.317 e. The molecule has 0 N–H and O–H groups in total. The molecule has 3 nitrogen and oxygen atoms in total. The molecule has 0 aliphatic carbocycles. The van der Waals surface area contributed by atoms with Gasteiger partial charge in [-0.15, -0.1) is 0 Å². The van der Waals surface area contributed by atoms with Crippen LogP contribution in [-0.4, -0.2) is 14.1 Å². The van der Waals surface area contributed by atoms with Crippen molar-refractivity contribution in [1.82, 2.24) is 14.1 Å². The van der Waals surface area contributed by atoms with Gasteiger partial charge in [-0.1, -0.05) is 66.7 Å². The fourth-order valence-electron chi connectivity index (χ4n) is 5.91. The zero-order valence-corrected chi connectivity index (χ0v) is 20.6. The van der Waals surface area contributed by atoms with Gasteiger partial charge < -0.3 is 9.13 Å². The molecule has 0 bridgehead atoms. The summed E-state index contributed by atoms with van der Waals surface area (Å²) >= 11 is 0. The molecule has 0 atom stereocenters. The summed E-state index contributed by atoms with van der Waals surface area (Å²) in [5.41, 5.74) is 8.07. The maximum atomic E-state index is 4.51. The maximum Gasteiger partial charge on any atom is 0.0701 e. The molecule has 3 aromatic heterocycles. The summed E-state index contributed by atoms with van der Waals surface area (Å²) in [6.45, 7) is 0. The Balaban J connectivity index is 1.37. The van der Waals surface area contributed by atoms with E-state index in [2.05, 4.69) is 130 Å². The van der Waals surface area contributed by atoms with E-state index in [9.17, 15) is 0 Å². The Kier molecular flexibility index (Phi) is 4.52. The second kappa shape index (κ2) is 8.19. The zero-order chi connectivity index (χ0) is 25.1. The monoisotopic (exact) mass is 485 g/mol. The van der Waals surface area contributed by atoms with Crippen molar-refractivity contribution in [2.45, 2.75) is 0 Å². The van der Waals surface area contributed by atoms with Crippen molar-refractivity contribution in [3.05, 3.63) is 140 Å². The Morgan fingerprint density at radius 2 is 1.21 bits per heavy atom. The minimum absolute atomic E-state index is 0.985. The van der Waals surface area contributed by atoms with E-state index in [-0.39, 0.29) is 0 Å². The van der Waals surface area contributed by atoms with Crippen molar-refractivity contribution in [1.29, 1.82) is 0 Å². The third-order valence-electron chi connectivity index (χ3n) is 7.62. The van der Waals surface area contributed by atoms with Crippen LogP contribution in [0.1, 0.15) is 0 Å². The standard InChI is InChI=1S/C35H23N3/c1-2-8-25(9-3-1)37-23-21-28-27-17-20-34-35(29(27)18-19-32(28)37)30-10-4-5-12-33(30)38(34)26-15-13-24(14-16-26)31-11-6-7-22-36-31/h1-23H. The molecular formula is C35H23N3. The van der Waals surface area contributed by atoms with E-state index in [4.69, 9.17) is 0 Å². The first kappa shape index (κ1) is 21.0. The molecule has 178 valence electrons. The lowest BCUT2D eigenvalue weighted by atomic mass is 10.0. The Morgan fingerprint density at radius 3 is 2.05 bits per heavy atom. The average molecular weight is 486 g/mol. The van der Waals surface area contributed by atoms with Gasteiger partial charge in [0.05, 0.1) is 22.2 Å². The summed E-state index contributed by atoms with van der Waals surface area (Å²) in [5, 5.41) is 6.38. The number of aromatic nitrogens is 3. The molecule has 0 saturated carbocycles. The highest BCUT2D eigenvalue weighted by atomic mass is 15.0. The number of fused-ring (bicyclic) bond motifs is 7. The second-order valence-corrected chi connectivity index (χ2v) is 9.69. The topological polar surface area (TPSA) is 22.8 Å². The normalized spacial score (nSPS) is 11.7. The molecule has 3 heteroatoms. The summed E-state index contributed by atoms with van der Waals surface area (Å²) in [4.78, 5) is 4.51. The van der Waals surface area contributed by atoms with Gasteiger partial charge in [0.2, 0.25) is 0 Å². The van der Waals surface area contributed by atoms with E-state index in [0.717, 1.165) is 16.9 Å². The fraction of sp³-hybridized carbons (Fsp3) is 0. The quantitative estimate of drug-likeness (QED) is 0.245. The smallest absolute Gasteiger partial charge is 0.0701 e. The van der Waals surface area contributed by atoms with Crippen molar-refractivity contribution in [3.8, 4) is 22.6 Å². The third kappa shape index (κ3) is 3.06. The minimum atomic E-state index is 0.985. The fourth-order valence-corrected chi connectivity index (χ4v) is 5.91. The van der Waals surface area contributed by atoms with Gasteiger partial charge in [-0.05, 0) is 71.4 Å². The van der Waals surface area contributed by atoms with Crippen LogP contribution >= 0.6 is 0 Å². The first-order chi connectivity index (χ1) is 18.9. The van der Waals surface area contributed by atoms with E-state index in [1.165, 1.54) is 49.2 Å². The number of hydrogen-bond donors (Lipinski definition) is 0. The molecule has 0 saturated heterocycles. The van der Waals surface area contributed by atoms with E-state index in [1.54, 1.807) is 0 Å². The molecule has 8 aromatic rings. The lowest BCUT2D eigenvalue weighted by Crippen LogP contribution is -1.94. The number of hydrogen-bond acceptors (Lipinski definition) is 1. The van der Waals surface area contributed by atoms with Crippen LogP contribution in [0.4, 0.5) is 0 Å². The van der Waals surface area contributed by atoms with Crippen LogP contribution in [0.5, 0.6) is 0 Å². The highest BCUT2D eigenvalue weighted by molar-refractivity contribution is 6.25. The van der Waals surface area contributed by atoms with Crippen molar-refractivity contribution in [2.24, 2.45) is 0 Å². The molecule has 3 heterocycles. The van der Waals surface area contributed by atoms with Gasteiger partial charge in [-0.3, -0.25) is 4.98 Å². The number of benzene rings is 5. The highest BCUT2D eigenvalue weighted by Gasteiger charge is 2.16. The van der Waals surface area contributed by atoms with Gasteiger partial charge >= 0.3 is 0 Å². The van der Waals surface area contributed by atoms with Gasteiger partial charge in [0.15, 0.2) is 0 Å². The van der Waals surface area contributed by atoms with Crippen molar-refractivity contribution in [2.75, 3.05) is 0 Å². The van der Waals surface area contributed by atoms with Crippen LogP contribution in [-0.2, 0) is 0 Å². The largest absolute Gasteiger partial charge is 0.317 e. The Labute approximate surface area is 219 Å². The van der Waals surface area contributed by atoms with Crippen molar-refractivity contribution < 1.29 is 0 Å². The molecule has 0 aliphatic rings. The van der Waals surface area contributed by atoms with Crippen LogP contribution in [0.3, 0.4) is 0 Å². The maximum absolute atomic E-state index is 4.51. The molecular weight excluding hydrogens is 462 g/mol. The first-order valence-electron chi connectivity index (χ1n) is 12.9. The lowest BCUT2D eigenvalue weighted by Gasteiger charge is -2.10. The highest BCUT2D eigenvalue weighted by Crippen LogP contribution is 2.39. The van der Waals surface area contributed by atoms with Crippen molar-refractivity contribution >= 4 is 43.5 Å². The molecule has 0 fully saturated rings. The van der Waals surface area contributed by atoms with Crippen LogP contribution < -0.4 is 0 Å². The van der Waals surface area contributed by atoms with E-state index in [1.807, 2.05) is 24.4 Å². The summed E-state index contributed by atoms with van der Waals surface area (Å²) in [5.74, 6) is 0. The predicted octanol–water partition coefficient (Wildman–Crippen LogP) is 8.94. The number of rotatable bonds is 3. The molecule has 5 aromatic carbocycles. The van der Waals surface area contributed by atoms with Crippen LogP contribution in [0, 0.1) is 0 Å². The number of pyridine rings is 1. The third-order valence-corrected chi connectivity index (χ3v) is 7.62. The molecule has 38 heavy (non-hydrogen) atoms. The Bertz CT molecular complexity index is 2100. The number of para-hydroxylation sites is 2. The molecule has 8 rings (SSSR count). The van der Waals surface area contributed by atoms with E-state index >= 15 is 0 Å². The molecule has 0 radical (unpaired) electrons. The molecule has 0 spiro atoms. The molecule has 0 unspecified atom stereocenters. The van der Waals surface area contributed by atoms with Gasteiger partial charge in [0.1, 0.15) is 0 Å². The molecule has 0 amide bonds. The van der Waals surface area contributed by atoms with Gasteiger partial charge in [0.25, 0.3) is 0 Å².